The minimum atomic E-state index is 0.160. The predicted molar refractivity (Wildman–Crippen MR) is 84.8 cm³/mol. The summed E-state index contributed by atoms with van der Waals surface area (Å²) in [6, 6.07) is 1.26. The van der Waals surface area contributed by atoms with Gasteiger partial charge in [0.25, 0.3) is 0 Å². The molecule has 0 unspecified atom stereocenters. The van der Waals surface area contributed by atoms with Crippen LogP contribution in [-0.2, 0) is 4.79 Å². The van der Waals surface area contributed by atoms with Crippen molar-refractivity contribution in [1.29, 1.82) is 0 Å². The summed E-state index contributed by atoms with van der Waals surface area (Å²) in [5.74, 6) is 0.678. The maximum Gasteiger partial charge on any atom is 0.234 e. The SMILES string of the molecule is CCCNC1CCC(N(C)CC(=O)NCC(C)C)CC1. The number of nitrogens with one attached hydrogen (secondary N) is 2. The first kappa shape index (κ1) is 17.4. The van der Waals surface area contributed by atoms with Crippen LogP contribution in [0.2, 0.25) is 0 Å². The third-order valence-corrected chi connectivity index (χ3v) is 4.10. The summed E-state index contributed by atoms with van der Waals surface area (Å²) in [6.07, 6.45) is 6.09. The summed E-state index contributed by atoms with van der Waals surface area (Å²) in [6.45, 7) is 8.89. The average molecular weight is 283 g/mol. The van der Waals surface area contributed by atoms with E-state index in [4.69, 9.17) is 0 Å². The fourth-order valence-electron chi connectivity index (χ4n) is 2.80. The van der Waals surface area contributed by atoms with Crippen molar-refractivity contribution < 1.29 is 4.79 Å². The van der Waals surface area contributed by atoms with Gasteiger partial charge >= 0.3 is 0 Å². The van der Waals surface area contributed by atoms with Crippen LogP contribution in [-0.4, -0.2) is 49.6 Å². The highest BCUT2D eigenvalue weighted by molar-refractivity contribution is 5.77. The number of carbonyl (C=O) groups excluding carboxylic acids is 1. The van der Waals surface area contributed by atoms with Crippen molar-refractivity contribution >= 4 is 5.91 Å². The van der Waals surface area contributed by atoms with E-state index in [1.807, 2.05) is 0 Å². The van der Waals surface area contributed by atoms with Crippen molar-refractivity contribution in [2.75, 3.05) is 26.7 Å². The van der Waals surface area contributed by atoms with Crippen LogP contribution < -0.4 is 10.6 Å². The van der Waals surface area contributed by atoms with Gasteiger partial charge in [-0.25, -0.2) is 0 Å². The Morgan fingerprint density at radius 2 is 1.90 bits per heavy atom. The normalized spacial score (nSPS) is 23.3. The number of carbonyl (C=O) groups is 1. The van der Waals surface area contributed by atoms with E-state index in [-0.39, 0.29) is 5.91 Å². The first-order valence-corrected chi connectivity index (χ1v) is 8.23. The fourth-order valence-corrected chi connectivity index (χ4v) is 2.80. The zero-order chi connectivity index (χ0) is 15.0. The molecule has 1 rings (SSSR count). The Morgan fingerprint density at radius 1 is 1.25 bits per heavy atom. The van der Waals surface area contributed by atoms with Crippen LogP contribution in [0.1, 0.15) is 52.9 Å². The fraction of sp³-hybridized carbons (Fsp3) is 0.938. The average Bonchev–Trinajstić information content (AvgIpc) is 2.43. The van der Waals surface area contributed by atoms with E-state index in [0.29, 0.717) is 24.5 Å². The minimum Gasteiger partial charge on any atom is -0.355 e. The van der Waals surface area contributed by atoms with Crippen molar-refractivity contribution in [2.45, 2.75) is 65.0 Å². The highest BCUT2D eigenvalue weighted by Crippen LogP contribution is 2.22. The first-order valence-electron chi connectivity index (χ1n) is 8.23. The Balaban J connectivity index is 2.21. The Hall–Kier alpha value is -0.610. The Labute approximate surface area is 124 Å². The van der Waals surface area contributed by atoms with E-state index in [1.54, 1.807) is 0 Å². The molecule has 0 saturated heterocycles. The highest BCUT2D eigenvalue weighted by atomic mass is 16.2. The molecule has 4 heteroatoms. The van der Waals surface area contributed by atoms with E-state index in [2.05, 4.69) is 43.4 Å². The van der Waals surface area contributed by atoms with E-state index >= 15 is 0 Å². The number of amides is 1. The maximum atomic E-state index is 11.8. The minimum absolute atomic E-state index is 0.160. The standard InChI is InChI=1S/C16H33N3O/c1-5-10-17-14-6-8-15(9-7-14)19(4)12-16(20)18-11-13(2)3/h13-15,17H,5-12H2,1-4H3,(H,18,20). The summed E-state index contributed by atoms with van der Waals surface area (Å²) in [7, 11) is 2.08. The van der Waals surface area contributed by atoms with Crippen LogP contribution in [0.4, 0.5) is 0 Å². The first-order chi connectivity index (χ1) is 9.52. The molecule has 0 bridgehead atoms. The molecule has 1 aliphatic carbocycles. The zero-order valence-corrected chi connectivity index (χ0v) is 13.7. The molecular formula is C16H33N3O. The molecule has 1 amide bonds. The molecule has 4 nitrogen and oxygen atoms in total. The van der Waals surface area contributed by atoms with Gasteiger partial charge in [-0.3, -0.25) is 9.69 Å². The van der Waals surface area contributed by atoms with Crippen LogP contribution in [0.3, 0.4) is 0 Å². The number of hydrogen-bond donors (Lipinski definition) is 2. The van der Waals surface area contributed by atoms with Gasteiger partial charge in [0.1, 0.15) is 0 Å². The molecule has 0 heterocycles. The third kappa shape index (κ3) is 6.71. The number of rotatable bonds is 8. The maximum absolute atomic E-state index is 11.8. The van der Waals surface area contributed by atoms with Crippen molar-refractivity contribution in [2.24, 2.45) is 5.92 Å². The van der Waals surface area contributed by atoms with Gasteiger partial charge < -0.3 is 10.6 Å². The lowest BCUT2D eigenvalue weighted by Gasteiger charge is -2.34. The Kier molecular flexibility index (Phi) is 8.15. The molecule has 0 aromatic heterocycles. The molecule has 0 atom stereocenters. The van der Waals surface area contributed by atoms with Gasteiger partial charge in [-0.1, -0.05) is 20.8 Å². The van der Waals surface area contributed by atoms with E-state index < -0.39 is 0 Å². The summed E-state index contributed by atoms with van der Waals surface area (Å²) in [5.41, 5.74) is 0. The van der Waals surface area contributed by atoms with Gasteiger partial charge in [0, 0.05) is 18.6 Å². The molecule has 0 radical (unpaired) electrons. The highest BCUT2D eigenvalue weighted by Gasteiger charge is 2.24. The second-order valence-electron chi connectivity index (χ2n) is 6.57. The van der Waals surface area contributed by atoms with Gasteiger partial charge in [0.05, 0.1) is 6.54 Å². The number of likely N-dealkylation sites (N-methyl/N-ethyl adjacent to an activating group) is 1. The van der Waals surface area contributed by atoms with Gasteiger partial charge in [0.15, 0.2) is 0 Å². The molecule has 2 N–H and O–H groups in total. The molecule has 20 heavy (non-hydrogen) atoms. The zero-order valence-electron chi connectivity index (χ0n) is 13.7. The lowest BCUT2D eigenvalue weighted by molar-refractivity contribution is -0.122. The number of hydrogen-bond acceptors (Lipinski definition) is 3. The van der Waals surface area contributed by atoms with Crippen LogP contribution in [0.5, 0.6) is 0 Å². The molecule has 0 spiro atoms. The smallest absolute Gasteiger partial charge is 0.234 e. The van der Waals surface area contributed by atoms with Crippen LogP contribution >= 0.6 is 0 Å². The van der Waals surface area contributed by atoms with Crippen molar-refractivity contribution in [3.05, 3.63) is 0 Å². The van der Waals surface area contributed by atoms with Crippen molar-refractivity contribution in [3.8, 4) is 0 Å². The summed E-state index contributed by atoms with van der Waals surface area (Å²) in [4.78, 5) is 14.1. The monoisotopic (exact) mass is 283 g/mol. The topological polar surface area (TPSA) is 44.4 Å². The van der Waals surface area contributed by atoms with E-state index in [9.17, 15) is 4.79 Å². The third-order valence-electron chi connectivity index (χ3n) is 4.10. The predicted octanol–water partition coefficient (Wildman–Crippen LogP) is 2.00. The molecule has 118 valence electrons. The lowest BCUT2D eigenvalue weighted by Crippen LogP contribution is -2.45. The van der Waals surface area contributed by atoms with Gasteiger partial charge in [0.2, 0.25) is 5.91 Å². The van der Waals surface area contributed by atoms with Crippen molar-refractivity contribution in [1.82, 2.24) is 15.5 Å². The van der Waals surface area contributed by atoms with Gasteiger partial charge in [-0.2, -0.15) is 0 Å². The molecule has 0 aromatic carbocycles. The number of nitrogens with zero attached hydrogens (tertiary/aromatic N) is 1. The van der Waals surface area contributed by atoms with Crippen LogP contribution in [0, 0.1) is 5.92 Å². The second kappa shape index (κ2) is 9.35. The second-order valence-corrected chi connectivity index (χ2v) is 6.57. The van der Waals surface area contributed by atoms with E-state index in [0.717, 1.165) is 13.1 Å². The molecular weight excluding hydrogens is 250 g/mol. The Morgan fingerprint density at radius 3 is 2.45 bits per heavy atom. The van der Waals surface area contributed by atoms with Crippen molar-refractivity contribution in [3.63, 3.8) is 0 Å². The lowest BCUT2D eigenvalue weighted by atomic mass is 9.90. The molecule has 0 aliphatic heterocycles. The largest absolute Gasteiger partial charge is 0.355 e. The molecule has 1 aliphatic rings. The van der Waals surface area contributed by atoms with Crippen LogP contribution in [0.25, 0.3) is 0 Å². The Bertz CT molecular complexity index is 273. The molecule has 1 fully saturated rings. The summed E-state index contributed by atoms with van der Waals surface area (Å²) in [5, 5.41) is 6.60. The summed E-state index contributed by atoms with van der Waals surface area (Å²) < 4.78 is 0. The van der Waals surface area contributed by atoms with E-state index in [1.165, 1.54) is 32.1 Å². The molecule has 1 saturated carbocycles. The quantitative estimate of drug-likeness (QED) is 0.716. The molecule has 0 aromatic rings. The van der Waals surface area contributed by atoms with Gasteiger partial charge in [-0.15, -0.1) is 0 Å². The van der Waals surface area contributed by atoms with Gasteiger partial charge in [-0.05, 0) is 51.6 Å². The summed E-state index contributed by atoms with van der Waals surface area (Å²) >= 11 is 0. The van der Waals surface area contributed by atoms with Crippen LogP contribution in [0.15, 0.2) is 0 Å².